The van der Waals surface area contributed by atoms with Gasteiger partial charge in [-0.15, -0.1) is 0 Å². The van der Waals surface area contributed by atoms with Crippen LogP contribution in [-0.2, 0) is 16.1 Å². The molecule has 0 fully saturated rings. The Kier molecular flexibility index (Phi) is 6.72. The molecule has 0 unspecified atom stereocenters. The lowest BCUT2D eigenvalue weighted by molar-refractivity contribution is -0.116. The fraction of sp³-hybridized carbons (Fsp3) is 0.350. The first-order valence-electron chi connectivity index (χ1n) is 8.66. The van der Waals surface area contributed by atoms with E-state index in [2.05, 4.69) is 5.32 Å². The molecule has 0 saturated carbocycles. The summed E-state index contributed by atoms with van der Waals surface area (Å²) in [5, 5.41) is 2.79. The molecule has 0 aliphatic heterocycles. The number of amides is 1. The first-order valence-corrected chi connectivity index (χ1v) is 8.66. The number of nitrogens with one attached hydrogen (secondary N) is 1. The molecule has 2 rings (SSSR count). The monoisotopic (exact) mass is 356 g/mol. The van der Waals surface area contributed by atoms with Crippen LogP contribution in [0.15, 0.2) is 41.2 Å². The van der Waals surface area contributed by atoms with Crippen molar-refractivity contribution in [3.63, 3.8) is 0 Å². The second kappa shape index (κ2) is 8.99. The van der Waals surface area contributed by atoms with Crippen molar-refractivity contribution in [1.82, 2.24) is 4.57 Å². The summed E-state index contributed by atoms with van der Waals surface area (Å²) < 4.78 is 6.92. The molecule has 6 nitrogen and oxygen atoms in total. The van der Waals surface area contributed by atoms with E-state index in [4.69, 9.17) is 4.74 Å². The molecule has 0 radical (unpaired) electrons. The molecule has 6 heteroatoms. The van der Waals surface area contributed by atoms with E-state index >= 15 is 0 Å². The van der Waals surface area contributed by atoms with Gasteiger partial charge in [-0.05, 0) is 44.5 Å². The third-order valence-electron chi connectivity index (χ3n) is 3.99. The van der Waals surface area contributed by atoms with Crippen molar-refractivity contribution in [3.8, 4) is 0 Å². The molecule has 1 heterocycles. The average molecular weight is 356 g/mol. The number of benzene rings is 1. The minimum absolute atomic E-state index is 0.0712. The Morgan fingerprint density at radius 1 is 1.08 bits per heavy atom. The summed E-state index contributed by atoms with van der Waals surface area (Å²) in [7, 11) is 0. The molecule has 2 aromatic rings. The fourth-order valence-corrected chi connectivity index (χ4v) is 2.56. The number of carbonyl (C=O) groups excluding carboxylic acids is 2. The normalized spacial score (nSPS) is 10.4. The maximum Gasteiger partial charge on any atom is 0.338 e. The van der Waals surface area contributed by atoms with Crippen LogP contribution >= 0.6 is 0 Å². The lowest BCUT2D eigenvalue weighted by atomic mass is 10.2. The number of nitrogens with zero attached hydrogens (tertiary/aromatic N) is 1. The largest absolute Gasteiger partial charge is 0.462 e. The zero-order chi connectivity index (χ0) is 19.1. The van der Waals surface area contributed by atoms with Crippen LogP contribution in [0.2, 0.25) is 0 Å². The van der Waals surface area contributed by atoms with Crippen LogP contribution in [-0.4, -0.2) is 23.1 Å². The Morgan fingerprint density at radius 3 is 2.27 bits per heavy atom. The number of pyridine rings is 1. The summed E-state index contributed by atoms with van der Waals surface area (Å²) in [5.74, 6) is -0.575. The van der Waals surface area contributed by atoms with E-state index in [1.165, 1.54) is 12.1 Å². The van der Waals surface area contributed by atoms with Crippen molar-refractivity contribution in [2.24, 2.45) is 0 Å². The molecule has 0 spiro atoms. The summed E-state index contributed by atoms with van der Waals surface area (Å²) in [6.45, 7) is 6.13. The van der Waals surface area contributed by atoms with Crippen molar-refractivity contribution < 1.29 is 14.3 Å². The van der Waals surface area contributed by atoms with Gasteiger partial charge in [0.25, 0.3) is 0 Å². The minimum atomic E-state index is -0.365. The number of aryl methyl sites for hydroxylation is 2. The Labute approximate surface area is 152 Å². The molecule has 1 amide bonds. The fourth-order valence-electron chi connectivity index (χ4n) is 2.56. The number of esters is 1. The highest BCUT2D eigenvalue weighted by Crippen LogP contribution is 2.11. The van der Waals surface area contributed by atoms with Crippen LogP contribution in [0.4, 0.5) is 5.69 Å². The molecular formula is C20H24N2O4. The van der Waals surface area contributed by atoms with Crippen LogP contribution in [0, 0.1) is 13.8 Å². The van der Waals surface area contributed by atoms with Crippen molar-refractivity contribution in [1.29, 1.82) is 0 Å². The van der Waals surface area contributed by atoms with Crippen molar-refractivity contribution in [2.75, 3.05) is 11.9 Å². The van der Waals surface area contributed by atoms with Gasteiger partial charge in [-0.1, -0.05) is 13.3 Å². The smallest absolute Gasteiger partial charge is 0.338 e. The summed E-state index contributed by atoms with van der Waals surface area (Å²) in [6.07, 6.45) is 1.80. The molecule has 0 bridgehead atoms. The molecule has 0 saturated heterocycles. The third kappa shape index (κ3) is 5.31. The first-order chi connectivity index (χ1) is 12.4. The van der Waals surface area contributed by atoms with E-state index in [9.17, 15) is 14.4 Å². The summed E-state index contributed by atoms with van der Waals surface area (Å²) in [5.41, 5.74) is 2.44. The van der Waals surface area contributed by atoms with Crippen LogP contribution in [0.5, 0.6) is 0 Å². The summed E-state index contributed by atoms with van der Waals surface area (Å²) in [4.78, 5) is 35.6. The predicted molar refractivity (Wildman–Crippen MR) is 100 cm³/mol. The zero-order valence-corrected chi connectivity index (χ0v) is 15.4. The van der Waals surface area contributed by atoms with Gasteiger partial charge in [0.05, 0.1) is 12.2 Å². The quantitative estimate of drug-likeness (QED) is 0.611. The number of rotatable bonds is 7. The van der Waals surface area contributed by atoms with Gasteiger partial charge < -0.3 is 14.6 Å². The Balaban J connectivity index is 1.97. The van der Waals surface area contributed by atoms with Gasteiger partial charge in [0, 0.05) is 29.2 Å². The van der Waals surface area contributed by atoms with Gasteiger partial charge in [-0.3, -0.25) is 9.59 Å². The molecule has 1 aromatic carbocycles. The maximum atomic E-state index is 12.3. The second-order valence-electron chi connectivity index (χ2n) is 6.17. The van der Waals surface area contributed by atoms with E-state index in [0.717, 1.165) is 24.2 Å². The van der Waals surface area contributed by atoms with E-state index < -0.39 is 0 Å². The van der Waals surface area contributed by atoms with Crippen molar-refractivity contribution >= 4 is 17.6 Å². The van der Waals surface area contributed by atoms with Gasteiger partial charge in [0.1, 0.15) is 6.54 Å². The van der Waals surface area contributed by atoms with Gasteiger partial charge in [-0.25, -0.2) is 4.79 Å². The number of unbranched alkanes of at least 4 members (excludes halogenated alkanes) is 1. The molecule has 1 aromatic heterocycles. The molecule has 138 valence electrons. The zero-order valence-electron chi connectivity index (χ0n) is 15.4. The lowest BCUT2D eigenvalue weighted by Crippen LogP contribution is -2.23. The molecular weight excluding hydrogens is 332 g/mol. The van der Waals surface area contributed by atoms with Gasteiger partial charge in [0.15, 0.2) is 5.43 Å². The number of ether oxygens (including phenoxy) is 1. The Hall–Kier alpha value is -2.89. The number of carbonyl (C=O) groups is 2. The van der Waals surface area contributed by atoms with Gasteiger partial charge >= 0.3 is 5.97 Å². The average Bonchev–Trinajstić information content (AvgIpc) is 2.59. The first kappa shape index (κ1) is 19.4. The second-order valence-corrected chi connectivity index (χ2v) is 6.17. The Morgan fingerprint density at radius 2 is 1.69 bits per heavy atom. The van der Waals surface area contributed by atoms with E-state index in [0.29, 0.717) is 17.9 Å². The van der Waals surface area contributed by atoms with Crippen LogP contribution < -0.4 is 10.7 Å². The number of anilines is 1. The topological polar surface area (TPSA) is 77.4 Å². The van der Waals surface area contributed by atoms with E-state index in [1.54, 1.807) is 42.7 Å². The van der Waals surface area contributed by atoms with Crippen molar-refractivity contribution in [2.45, 2.75) is 40.2 Å². The summed E-state index contributed by atoms with van der Waals surface area (Å²) in [6, 6.07) is 9.58. The molecule has 0 aliphatic carbocycles. The van der Waals surface area contributed by atoms with Crippen LogP contribution in [0.25, 0.3) is 0 Å². The molecule has 0 atom stereocenters. The number of hydrogen-bond donors (Lipinski definition) is 1. The highest BCUT2D eigenvalue weighted by molar-refractivity contribution is 5.93. The highest BCUT2D eigenvalue weighted by Gasteiger charge is 2.10. The molecule has 26 heavy (non-hydrogen) atoms. The van der Waals surface area contributed by atoms with Crippen molar-refractivity contribution in [3.05, 3.63) is 63.6 Å². The van der Waals surface area contributed by atoms with E-state index in [-0.39, 0.29) is 23.9 Å². The molecule has 0 aliphatic rings. The standard InChI is InChI=1S/C20H24N2O4/c1-4-5-10-26-20(25)16-6-8-17(9-7-16)21-19(24)13-22-14(2)11-18(23)12-15(22)3/h6-9,11-12H,4-5,10,13H2,1-3H3,(H,21,24). The molecule has 1 N–H and O–H groups in total. The Bertz CT molecular complexity index is 812. The maximum absolute atomic E-state index is 12.3. The van der Waals surface area contributed by atoms with Gasteiger partial charge in [-0.2, -0.15) is 0 Å². The number of hydrogen-bond acceptors (Lipinski definition) is 4. The van der Waals surface area contributed by atoms with E-state index in [1.807, 2.05) is 6.92 Å². The van der Waals surface area contributed by atoms with Crippen LogP contribution in [0.3, 0.4) is 0 Å². The van der Waals surface area contributed by atoms with Gasteiger partial charge in [0.2, 0.25) is 5.91 Å². The lowest BCUT2D eigenvalue weighted by Gasteiger charge is -2.14. The summed E-state index contributed by atoms with van der Waals surface area (Å²) >= 11 is 0. The number of aromatic nitrogens is 1. The highest BCUT2D eigenvalue weighted by atomic mass is 16.5. The predicted octanol–water partition coefficient (Wildman–Crippen LogP) is 3.06. The third-order valence-corrected chi connectivity index (χ3v) is 3.99. The minimum Gasteiger partial charge on any atom is -0.462 e. The van der Waals surface area contributed by atoms with Crippen LogP contribution in [0.1, 0.15) is 41.5 Å². The SMILES string of the molecule is CCCCOC(=O)c1ccc(NC(=O)Cn2c(C)cc(=O)cc2C)cc1.